The molecule has 1 rings (SSSR count). The van der Waals surface area contributed by atoms with E-state index in [1.54, 1.807) is 18.2 Å². The number of hydrogen-bond acceptors (Lipinski definition) is 2. The minimum atomic E-state index is -2.37. The van der Waals surface area contributed by atoms with Crippen molar-refractivity contribution in [2.24, 2.45) is 0 Å². The number of alkyl halides is 2. The Labute approximate surface area is 83.2 Å². The first kappa shape index (κ1) is 10.2. The molecule has 3 N–H and O–H groups in total. The molecule has 0 saturated heterocycles. The molecule has 0 aliphatic carbocycles. The van der Waals surface area contributed by atoms with E-state index in [-0.39, 0.29) is 6.54 Å². The predicted molar refractivity (Wildman–Crippen MR) is 53.0 cm³/mol. The molecule has 5 heteroatoms. The van der Waals surface area contributed by atoms with Gasteiger partial charge in [-0.2, -0.15) is 0 Å². The number of hydrogen-bond donors (Lipinski definition) is 2. The zero-order chi connectivity index (χ0) is 9.84. The van der Waals surface area contributed by atoms with E-state index < -0.39 is 6.43 Å². The van der Waals surface area contributed by atoms with Gasteiger partial charge in [-0.05, 0) is 18.2 Å². The van der Waals surface area contributed by atoms with Crippen LogP contribution in [0.5, 0.6) is 0 Å². The van der Waals surface area contributed by atoms with E-state index in [4.69, 9.17) is 5.73 Å². The Morgan fingerprint density at radius 3 is 2.69 bits per heavy atom. The quantitative estimate of drug-likeness (QED) is 0.810. The van der Waals surface area contributed by atoms with Gasteiger partial charge in [0.25, 0.3) is 6.43 Å². The molecule has 0 amide bonds. The normalized spacial score (nSPS) is 10.5. The first-order chi connectivity index (χ1) is 6.09. The van der Waals surface area contributed by atoms with Gasteiger partial charge in [0, 0.05) is 4.47 Å². The third-order valence-corrected chi connectivity index (χ3v) is 1.95. The van der Waals surface area contributed by atoms with Crippen LogP contribution >= 0.6 is 15.9 Å². The largest absolute Gasteiger partial charge is 0.397 e. The van der Waals surface area contributed by atoms with Gasteiger partial charge in [-0.25, -0.2) is 8.78 Å². The molecule has 0 bridgehead atoms. The van der Waals surface area contributed by atoms with Crippen LogP contribution in [0.4, 0.5) is 20.2 Å². The lowest BCUT2D eigenvalue weighted by molar-refractivity contribution is 0.163. The molecule has 0 saturated carbocycles. The van der Waals surface area contributed by atoms with Crippen molar-refractivity contribution < 1.29 is 8.78 Å². The summed E-state index contributed by atoms with van der Waals surface area (Å²) in [6, 6.07) is 5.06. The minimum Gasteiger partial charge on any atom is -0.397 e. The average molecular weight is 251 g/mol. The summed E-state index contributed by atoms with van der Waals surface area (Å²) in [4.78, 5) is 0. The summed E-state index contributed by atoms with van der Waals surface area (Å²) in [5.74, 6) is 0. The van der Waals surface area contributed by atoms with Crippen LogP contribution in [0.2, 0.25) is 0 Å². The van der Waals surface area contributed by atoms with E-state index in [2.05, 4.69) is 21.2 Å². The summed E-state index contributed by atoms with van der Waals surface area (Å²) in [5.41, 5.74) is 6.55. The van der Waals surface area contributed by atoms with Crippen molar-refractivity contribution in [3.8, 4) is 0 Å². The van der Waals surface area contributed by atoms with Crippen LogP contribution in [0.1, 0.15) is 0 Å². The van der Waals surface area contributed by atoms with E-state index >= 15 is 0 Å². The van der Waals surface area contributed by atoms with Gasteiger partial charge in [0.15, 0.2) is 0 Å². The van der Waals surface area contributed by atoms with E-state index in [1.165, 1.54) is 0 Å². The topological polar surface area (TPSA) is 38.0 Å². The lowest BCUT2D eigenvalue weighted by Crippen LogP contribution is -2.11. The van der Waals surface area contributed by atoms with Crippen molar-refractivity contribution in [3.05, 3.63) is 22.7 Å². The first-order valence-electron chi connectivity index (χ1n) is 3.66. The molecule has 0 unspecified atom stereocenters. The molecule has 0 radical (unpaired) electrons. The van der Waals surface area contributed by atoms with Gasteiger partial charge in [0.2, 0.25) is 0 Å². The fourth-order valence-electron chi connectivity index (χ4n) is 0.882. The Morgan fingerprint density at radius 2 is 2.15 bits per heavy atom. The second kappa shape index (κ2) is 4.41. The van der Waals surface area contributed by atoms with Gasteiger partial charge in [-0.15, -0.1) is 0 Å². The van der Waals surface area contributed by atoms with Crippen LogP contribution in [-0.4, -0.2) is 13.0 Å². The van der Waals surface area contributed by atoms with E-state index in [0.29, 0.717) is 11.4 Å². The van der Waals surface area contributed by atoms with Crippen LogP contribution in [0.15, 0.2) is 22.7 Å². The van der Waals surface area contributed by atoms with Crippen molar-refractivity contribution in [2.75, 3.05) is 17.6 Å². The number of nitrogens with one attached hydrogen (secondary N) is 1. The van der Waals surface area contributed by atoms with Gasteiger partial charge in [0.05, 0.1) is 17.9 Å². The van der Waals surface area contributed by atoms with Crippen molar-refractivity contribution in [3.63, 3.8) is 0 Å². The fraction of sp³-hybridized carbons (Fsp3) is 0.250. The summed E-state index contributed by atoms with van der Waals surface area (Å²) in [6.45, 7) is -0.383. The van der Waals surface area contributed by atoms with Gasteiger partial charge in [-0.3, -0.25) is 0 Å². The van der Waals surface area contributed by atoms with Gasteiger partial charge in [-0.1, -0.05) is 15.9 Å². The number of nitrogen functional groups attached to an aromatic ring is 1. The molecule has 72 valence electrons. The van der Waals surface area contributed by atoms with E-state index in [9.17, 15) is 8.78 Å². The maximum Gasteiger partial charge on any atom is 0.255 e. The highest BCUT2D eigenvalue weighted by molar-refractivity contribution is 9.10. The van der Waals surface area contributed by atoms with Crippen molar-refractivity contribution >= 4 is 27.3 Å². The average Bonchev–Trinajstić information content (AvgIpc) is 2.02. The van der Waals surface area contributed by atoms with Crippen LogP contribution in [0, 0.1) is 0 Å². The molecule has 0 aromatic heterocycles. The van der Waals surface area contributed by atoms with Crippen molar-refractivity contribution in [1.82, 2.24) is 0 Å². The third-order valence-electron chi connectivity index (χ3n) is 1.46. The number of anilines is 2. The Morgan fingerprint density at radius 1 is 1.46 bits per heavy atom. The van der Waals surface area contributed by atoms with Crippen molar-refractivity contribution in [1.29, 1.82) is 0 Å². The standard InChI is InChI=1S/C8H9BrF2N2/c9-5-1-2-7(6(12)3-5)13-4-8(10)11/h1-3,8,13H,4,12H2. The lowest BCUT2D eigenvalue weighted by atomic mass is 10.3. The molecule has 0 atom stereocenters. The highest BCUT2D eigenvalue weighted by Gasteiger charge is 2.03. The van der Waals surface area contributed by atoms with E-state index in [1.807, 2.05) is 0 Å². The fourth-order valence-corrected chi connectivity index (χ4v) is 1.26. The van der Waals surface area contributed by atoms with Crippen LogP contribution < -0.4 is 11.1 Å². The molecular weight excluding hydrogens is 242 g/mol. The SMILES string of the molecule is Nc1cc(Br)ccc1NCC(F)F. The molecule has 0 aliphatic rings. The third kappa shape index (κ3) is 3.18. The molecule has 0 heterocycles. The molecule has 0 fully saturated rings. The summed E-state index contributed by atoms with van der Waals surface area (Å²) < 4.78 is 24.5. The maximum atomic E-state index is 11.8. The summed E-state index contributed by atoms with van der Waals surface area (Å²) >= 11 is 3.22. The summed E-state index contributed by atoms with van der Waals surface area (Å²) in [7, 11) is 0. The maximum absolute atomic E-state index is 11.8. The molecule has 13 heavy (non-hydrogen) atoms. The van der Waals surface area contributed by atoms with Crippen LogP contribution in [0.25, 0.3) is 0 Å². The molecule has 2 nitrogen and oxygen atoms in total. The lowest BCUT2D eigenvalue weighted by Gasteiger charge is -2.08. The van der Waals surface area contributed by atoms with Crippen molar-refractivity contribution in [2.45, 2.75) is 6.43 Å². The zero-order valence-electron chi connectivity index (χ0n) is 6.73. The second-order valence-electron chi connectivity index (χ2n) is 2.50. The first-order valence-corrected chi connectivity index (χ1v) is 4.46. The molecule has 0 aliphatic heterocycles. The Bertz CT molecular complexity index is 291. The highest BCUT2D eigenvalue weighted by atomic mass is 79.9. The second-order valence-corrected chi connectivity index (χ2v) is 3.42. The molecule has 0 spiro atoms. The Balaban J connectivity index is 2.67. The van der Waals surface area contributed by atoms with Crippen LogP contribution in [0.3, 0.4) is 0 Å². The number of benzene rings is 1. The molecule has 1 aromatic carbocycles. The minimum absolute atomic E-state index is 0.383. The monoisotopic (exact) mass is 250 g/mol. The molecular formula is C8H9BrF2N2. The van der Waals surface area contributed by atoms with Gasteiger partial charge in [0.1, 0.15) is 0 Å². The van der Waals surface area contributed by atoms with Gasteiger partial charge < -0.3 is 11.1 Å². The summed E-state index contributed by atoms with van der Waals surface area (Å²) in [6.07, 6.45) is -2.37. The van der Waals surface area contributed by atoms with Crippen LogP contribution in [-0.2, 0) is 0 Å². The van der Waals surface area contributed by atoms with Gasteiger partial charge >= 0.3 is 0 Å². The smallest absolute Gasteiger partial charge is 0.255 e. The number of nitrogens with two attached hydrogens (primary N) is 1. The molecule has 1 aromatic rings. The predicted octanol–water partition coefficient (Wildman–Crippen LogP) is 2.71. The number of halogens is 3. The Hall–Kier alpha value is -0.840. The highest BCUT2D eigenvalue weighted by Crippen LogP contribution is 2.22. The number of rotatable bonds is 3. The van der Waals surface area contributed by atoms with E-state index in [0.717, 1.165) is 4.47 Å². The Kier molecular flexibility index (Phi) is 3.48. The summed E-state index contributed by atoms with van der Waals surface area (Å²) in [5, 5.41) is 2.54. The zero-order valence-corrected chi connectivity index (χ0v) is 8.31.